The van der Waals surface area contributed by atoms with E-state index in [1.54, 1.807) is 6.07 Å². The van der Waals surface area contributed by atoms with Gasteiger partial charge in [-0.2, -0.15) is 0 Å². The number of aryl methyl sites for hydroxylation is 2. The molecular weight excluding hydrogens is 336 g/mol. The van der Waals surface area contributed by atoms with Crippen molar-refractivity contribution in [2.75, 3.05) is 11.4 Å². The molecule has 0 saturated carbocycles. The summed E-state index contributed by atoms with van der Waals surface area (Å²) in [6, 6.07) is 11.6. The zero-order valence-electron chi connectivity index (χ0n) is 12.9. The largest absolute Gasteiger partial charge is 0.318 e. The number of amides is 1. The number of halogens is 1. The van der Waals surface area contributed by atoms with Gasteiger partial charge in [0.25, 0.3) is 0 Å². The molecule has 1 aromatic carbocycles. The predicted molar refractivity (Wildman–Crippen MR) is 90.8 cm³/mol. The minimum Gasteiger partial charge on any atom is -0.318 e. The smallest absolute Gasteiger partial charge is 0.237 e. The molecule has 23 heavy (non-hydrogen) atoms. The van der Waals surface area contributed by atoms with Crippen LogP contribution in [0.3, 0.4) is 0 Å². The number of aromatic nitrogens is 1. The number of carbonyl (C=O) groups excluding carboxylic acids is 1. The Morgan fingerprint density at radius 1 is 1.09 bits per heavy atom. The van der Waals surface area contributed by atoms with Gasteiger partial charge < -0.3 is 9.47 Å². The fourth-order valence-electron chi connectivity index (χ4n) is 2.99. The number of hydrogen-bond donors (Lipinski definition) is 0. The molecule has 1 amide bonds. The third-order valence-electron chi connectivity index (χ3n) is 4.16. The van der Waals surface area contributed by atoms with Gasteiger partial charge in [-0.3, -0.25) is 4.79 Å². The second-order valence-electron chi connectivity index (χ2n) is 5.78. The summed E-state index contributed by atoms with van der Waals surface area (Å²) in [7, 11) is 1.66. The summed E-state index contributed by atoms with van der Waals surface area (Å²) < 4.78 is 25.0. The summed E-state index contributed by atoms with van der Waals surface area (Å²) in [5.41, 5.74) is 3.80. The zero-order chi connectivity index (χ0) is 16.8. The number of anilines is 1. The van der Waals surface area contributed by atoms with E-state index in [-0.39, 0.29) is 18.9 Å². The third-order valence-corrected chi connectivity index (χ3v) is 6.03. The van der Waals surface area contributed by atoms with Crippen LogP contribution in [0.25, 0.3) is 5.69 Å². The van der Waals surface area contributed by atoms with Crippen LogP contribution in [0.5, 0.6) is 0 Å². The van der Waals surface area contributed by atoms with Crippen LogP contribution in [0.4, 0.5) is 5.69 Å². The topological polar surface area (TPSA) is 59.4 Å². The SMILES string of the molecule is Cc1ccc(C)n1-c1cccc(N2CC(S(=O)(=O)Cl)CC2=O)c1. The van der Waals surface area contributed by atoms with Crippen molar-refractivity contribution in [1.82, 2.24) is 4.57 Å². The first kappa shape index (κ1) is 16.1. The van der Waals surface area contributed by atoms with E-state index in [4.69, 9.17) is 10.7 Å². The van der Waals surface area contributed by atoms with Gasteiger partial charge in [0, 0.05) is 46.4 Å². The number of rotatable bonds is 3. The average molecular weight is 353 g/mol. The van der Waals surface area contributed by atoms with Gasteiger partial charge in [0.2, 0.25) is 15.0 Å². The molecular formula is C16H17ClN2O3S. The van der Waals surface area contributed by atoms with Crippen LogP contribution in [0.2, 0.25) is 0 Å². The maximum absolute atomic E-state index is 12.2. The van der Waals surface area contributed by atoms with Gasteiger partial charge >= 0.3 is 0 Å². The summed E-state index contributed by atoms with van der Waals surface area (Å²) >= 11 is 0. The number of carbonyl (C=O) groups is 1. The van der Waals surface area contributed by atoms with Crippen LogP contribution < -0.4 is 4.90 Å². The monoisotopic (exact) mass is 352 g/mol. The summed E-state index contributed by atoms with van der Waals surface area (Å²) in [6.07, 6.45) is -0.0718. The second kappa shape index (κ2) is 5.69. The lowest BCUT2D eigenvalue weighted by molar-refractivity contribution is -0.117. The molecule has 1 aliphatic rings. The predicted octanol–water partition coefficient (Wildman–Crippen LogP) is 2.77. The Bertz CT molecular complexity index is 854. The first-order chi connectivity index (χ1) is 10.8. The lowest BCUT2D eigenvalue weighted by Gasteiger charge is -2.18. The molecule has 1 fully saturated rings. The van der Waals surface area contributed by atoms with E-state index in [1.807, 2.05) is 44.2 Å². The molecule has 1 saturated heterocycles. The fraction of sp³-hybridized carbons (Fsp3) is 0.312. The second-order valence-corrected chi connectivity index (χ2v) is 8.69. The van der Waals surface area contributed by atoms with E-state index < -0.39 is 14.3 Å². The minimum absolute atomic E-state index is 0.0718. The molecule has 0 aliphatic carbocycles. The van der Waals surface area contributed by atoms with E-state index in [1.165, 1.54) is 4.90 Å². The molecule has 1 aromatic heterocycles. The highest BCUT2D eigenvalue weighted by molar-refractivity contribution is 8.14. The molecule has 0 radical (unpaired) electrons. The van der Waals surface area contributed by atoms with Crippen molar-refractivity contribution in [1.29, 1.82) is 0 Å². The van der Waals surface area contributed by atoms with Crippen LogP contribution >= 0.6 is 10.7 Å². The van der Waals surface area contributed by atoms with Gasteiger partial charge in [-0.25, -0.2) is 8.42 Å². The normalized spacial score (nSPS) is 18.7. The van der Waals surface area contributed by atoms with Crippen LogP contribution in [0.15, 0.2) is 36.4 Å². The van der Waals surface area contributed by atoms with Crippen molar-refractivity contribution in [3.63, 3.8) is 0 Å². The molecule has 3 rings (SSSR count). The maximum Gasteiger partial charge on any atom is 0.237 e. The lowest BCUT2D eigenvalue weighted by Crippen LogP contribution is -2.26. The molecule has 0 N–H and O–H groups in total. The van der Waals surface area contributed by atoms with Crippen LogP contribution in [0, 0.1) is 13.8 Å². The molecule has 7 heteroatoms. The molecule has 2 aromatic rings. The van der Waals surface area contributed by atoms with Crippen molar-refractivity contribution in [3.8, 4) is 5.69 Å². The summed E-state index contributed by atoms with van der Waals surface area (Å²) in [5.74, 6) is -0.225. The first-order valence-electron chi connectivity index (χ1n) is 7.26. The van der Waals surface area contributed by atoms with E-state index in [0.717, 1.165) is 17.1 Å². The van der Waals surface area contributed by atoms with E-state index in [0.29, 0.717) is 5.69 Å². The van der Waals surface area contributed by atoms with Crippen molar-refractivity contribution in [3.05, 3.63) is 47.8 Å². The van der Waals surface area contributed by atoms with Crippen LogP contribution in [0.1, 0.15) is 17.8 Å². The van der Waals surface area contributed by atoms with Gasteiger partial charge in [0.1, 0.15) is 5.25 Å². The Balaban J connectivity index is 1.97. The van der Waals surface area contributed by atoms with Gasteiger partial charge in [-0.15, -0.1) is 0 Å². The Morgan fingerprint density at radius 3 is 2.26 bits per heavy atom. The summed E-state index contributed by atoms with van der Waals surface area (Å²) in [4.78, 5) is 13.6. The molecule has 0 bridgehead atoms. The van der Waals surface area contributed by atoms with Gasteiger partial charge in [-0.05, 0) is 44.2 Å². The molecule has 5 nitrogen and oxygen atoms in total. The highest BCUT2D eigenvalue weighted by Gasteiger charge is 2.38. The van der Waals surface area contributed by atoms with Gasteiger partial charge in [0.05, 0.1) is 0 Å². The Labute approximate surface area is 139 Å². The molecule has 1 aliphatic heterocycles. The summed E-state index contributed by atoms with van der Waals surface area (Å²) in [5, 5.41) is -0.852. The van der Waals surface area contributed by atoms with E-state index in [2.05, 4.69) is 4.57 Å². The fourth-order valence-corrected chi connectivity index (χ4v) is 4.02. The van der Waals surface area contributed by atoms with Crippen molar-refractivity contribution in [2.45, 2.75) is 25.5 Å². The average Bonchev–Trinajstić information content (AvgIpc) is 3.02. The number of hydrogen-bond acceptors (Lipinski definition) is 3. The lowest BCUT2D eigenvalue weighted by atomic mass is 10.2. The van der Waals surface area contributed by atoms with Crippen molar-refractivity contribution >= 4 is 31.3 Å². The minimum atomic E-state index is -3.74. The Morgan fingerprint density at radius 2 is 1.70 bits per heavy atom. The van der Waals surface area contributed by atoms with E-state index in [9.17, 15) is 13.2 Å². The van der Waals surface area contributed by atoms with E-state index >= 15 is 0 Å². The summed E-state index contributed by atoms with van der Waals surface area (Å²) in [6.45, 7) is 4.12. The Kier molecular flexibility index (Phi) is 3.98. The molecule has 0 spiro atoms. The van der Waals surface area contributed by atoms with Crippen molar-refractivity contribution < 1.29 is 13.2 Å². The van der Waals surface area contributed by atoms with Gasteiger partial charge in [0.15, 0.2) is 0 Å². The maximum atomic E-state index is 12.2. The quantitative estimate of drug-likeness (QED) is 0.798. The third kappa shape index (κ3) is 3.01. The highest BCUT2D eigenvalue weighted by atomic mass is 35.7. The van der Waals surface area contributed by atoms with Crippen LogP contribution in [-0.2, 0) is 13.8 Å². The Hall–Kier alpha value is -1.79. The highest BCUT2D eigenvalue weighted by Crippen LogP contribution is 2.28. The number of benzene rings is 1. The molecule has 122 valence electrons. The molecule has 1 unspecified atom stereocenters. The first-order valence-corrected chi connectivity index (χ1v) is 9.64. The number of nitrogens with zero attached hydrogens (tertiary/aromatic N) is 2. The van der Waals surface area contributed by atoms with Crippen molar-refractivity contribution in [2.24, 2.45) is 0 Å². The van der Waals surface area contributed by atoms with Crippen LogP contribution in [-0.4, -0.2) is 30.7 Å². The standard InChI is InChI=1S/C16H17ClN2O3S/c1-11-6-7-12(2)19(11)14-5-3-4-13(8-14)18-10-15(9-16(18)20)23(17,21)22/h3-8,15H,9-10H2,1-2H3. The zero-order valence-corrected chi connectivity index (χ0v) is 14.4. The molecule has 1 atom stereocenters. The van der Waals surface area contributed by atoms with Gasteiger partial charge in [-0.1, -0.05) is 6.07 Å². The molecule has 2 heterocycles.